The van der Waals surface area contributed by atoms with Crippen molar-refractivity contribution in [1.82, 2.24) is 4.90 Å². The molecular formula is C22H26N2O3. The van der Waals surface area contributed by atoms with Crippen LogP contribution in [0.5, 0.6) is 5.75 Å². The van der Waals surface area contributed by atoms with Crippen molar-refractivity contribution in [2.24, 2.45) is 5.92 Å². The lowest BCUT2D eigenvalue weighted by molar-refractivity contribution is -0.136. The summed E-state index contributed by atoms with van der Waals surface area (Å²) >= 11 is 0. The van der Waals surface area contributed by atoms with Gasteiger partial charge in [0.05, 0.1) is 5.92 Å². The van der Waals surface area contributed by atoms with Gasteiger partial charge >= 0.3 is 0 Å². The highest BCUT2D eigenvalue weighted by Crippen LogP contribution is 2.22. The second-order valence-corrected chi connectivity index (χ2v) is 7.02. The summed E-state index contributed by atoms with van der Waals surface area (Å²) in [5.41, 5.74) is 2.96. The zero-order chi connectivity index (χ0) is 19.2. The Bertz CT molecular complexity index is 804. The molecule has 0 bridgehead atoms. The smallest absolute Gasteiger partial charge is 0.260 e. The first kappa shape index (κ1) is 19.0. The number of amides is 2. The van der Waals surface area contributed by atoms with Gasteiger partial charge < -0.3 is 15.0 Å². The topological polar surface area (TPSA) is 58.6 Å². The Morgan fingerprint density at radius 1 is 1.11 bits per heavy atom. The van der Waals surface area contributed by atoms with Gasteiger partial charge in [-0.25, -0.2) is 0 Å². The molecule has 1 atom stereocenters. The molecular weight excluding hydrogens is 340 g/mol. The minimum absolute atomic E-state index is 0.00266. The third kappa shape index (κ3) is 4.88. The Morgan fingerprint density at radius 2 is 1.89 bits per heavy atom. The summed E-state index contributed by atoms with van der Waals surface area (Å²) in [5.74, 6) is 0.435. The lowest BCUT2D eigenvalue weighted by Gasteiger charge is -2.32. The van der Waals surface area contributed by atoms with Crippen LogP contribution in [0.2, 0.25) is 0 Å². The average molecular weight is 366 g/mol. The third-order valence-corrected chi connectivity index (χ3v) is 5.09. The van der Waals surface area contributed by atoms with Gasteiger partial charge in [-0.2, -0.15) is 0 Å². The molecule has 2 aromatic rings. The monoisotopic (exact) mass is 366 g/mol. The van der Waals surface area contributed by atoms with Crippen LogP contribution in [0, 0.1) is 19.8 Å². The molecule has 1 N–H and O–H groups in total. The number of ether oxygens (including phenoxy) is 1. The van der Waals surface area contributed by atoms with Crippen LogP contribution >= 0.6 is 0 Å². The Morgan fingerprint density at radius 3 is 2.67 bits per heavy atom. The maximum atomic E-state index is 12.6. The van der Waals surface area contributed by atoms with Gasteiger partial charge in [0.2, 0.25) is 5.91 Å². The highest BCUT2D eigenvalue weighted by Gasteiger charge is 2.28. The molecule has 2 aromatic carbocycles. The van der Waals surface area contributed by atoms with Crippen LogP contribution in [0.4, 0.5) is 5.69 Å². The maximum absolute atomic E-state index is 12.6. The second kappa shape index (κ2) is 8.71. The van der Waals surface area contributed by atoms with E-state index in [9.17, 15) is 9.59 Å². The molecule has 5 nitrogen and oxygen atoms in total. The van der Waals surface area contributed by atoms with Crippen molar-refractivity contribution in [3.8, 4) is 5.75 Å². The van der Waals surface area contributed by atoms with E-state index in [4.69, 9.17) is 4.74 Å². The molecule has 1 saturated heterocycles. The number of benzene rings is 2. The lowest BCUT2D eigenvalue weighted by Crippen LogP contribution is -2.45. The standard InChI is InChI=1S/C22H26N2O3/c1-16-8-6-12-20(17(16)2)27-15-21(25)24-13-7-9-18(14-24)22(26)23-19-10-4-3-5-11-19/h3-6,8,10-12,18H,7,9,13-15H2,1-2H3,(H,23,26)/t18-/m1/s1. The van der Waals surface area contributed by atoms with Crippen molar-refractivity contribution >= 4 is 17.5 Å². The number of carbonyl (C=O) groups is 2. The number of anilines is 1. The first-order chi connectivity index (χ1) is 13.0. The fourth-order valence-corrected chi connectivity index (χ4v) is 3.29. The molecule has 142 valence electrons. The number of carbonyl (C=O) groups excluding carboxylic acids is 2. The fourth-order valence-electron chi connectivity index (χ4n) is 3.29. The van der Waals surface area contributed by atoms with Gasteiger partial charge in [-0.1, -0.05) is 30.3 Å². The second-order valence-electron chi connectivity index (χ2n) is 7.02. The number of nitrogens with zero attached hydrogens (tertiary/aromatic N) is 1. The number of piperidine rings is 1. The Hall–Kier alpha value is -2.82. The predicted molar refractivity (Wildman–Crippen MR) is 106 cm³/mol. The Balaban J connectivity index is 1.54. The SMILES string of the molecule is Cc1cccc(OCC(=O)N2CCC[C@@H](C(=O)Nc3ccccc3)C2)c1C. The van der Waals surface area contributed by atoms with Crippen molar-refractivity contribution in [2.75, 3.05) is 25.0 Å². The summed E-state index contributed by atoms with van der Waals surface area (Å²) < 4.78 is 5.73. The molecule has 5 heteroatoms. The van der Waals surface area contributed by atoms with E-state index < -0.39 is 0 Å². The van der Waals surface area contributed by atoms with Gasteiger partial charge in [0.25, 0.3) is 5.91 Å². The van der Waals surface area contributed by atoms with Crippen LogP contribution in [0.3, 0.4) is 0 Å². The summed E-state index contributed by atoms with van der Waals surface area (Å²) in [4.78, 5) is 26.8. The summed E-state index contributed by atoms with van der Waals surface area (Å²) in [6.45, 7) is 5.11. The van der Waals surface area contributed by atoms with Crippen molar-refractivity contribution in [2.45, 2.75) is 26.7 Å². The largest absolute Gasteiger partial charge is 0.483 e. The first-order valence-electron chi connectivity index (χ1n) is 9.37. The van der Waals surface area contributed by atoms with E-state index in [-0.39, 0.29) is 24.3 Å². The number of nitrogens with one attached hydrogen (secondary N) is 1. The third-order valence-electron chi connectivity index (χ3n) is 5.09. The number of rotatable bonds is 5. The van der Waals surface area contributed by atoms with Gasteiger partial charge in [-0.05, 0) is 56.0 Å². The molecule has 3 rings (SSSR count). The van der Waals surface area contributed by atoms with Crippen molar-refractivity contribution in [3.05, 3.63) is 59.7 Å². The zero-order valence-corrected chi connectivity index (χ0v) is 15.9. The van der Waals surface area contributed by atoms with Crippen LogP contribution in [-0.2, 0) is 9.59 Å². The van der Waals surface area contributed by atoms with Crippen LogP contribution in [0.15, 0.2) is 48.5 Å². The van der Waals surface area contributed by atoms with Gasteiger partial charge in [0.15, 0.2) is 6.61 Å². The predicted octanol–water partition coefficient (Wildman–Crippen LogP) is 3.56. The van der Waals surface area contributed by atoms with E-state index in [1.807, 2.05) is 62.4 Å². The van der Waals surface area contributed by atoms with E-state index in [1.54, 1.807) is 4.90 Å². The molecule has 0 unspecified atom stereocenters. The summed E-state index contributed by atoms with van der Waals surface area (Å²) in [6.07, 6.45) is 1.61. The fraction of sp³-hybridized carbons (Fsp3) is 0.364. The van der Waals surface area contributed by atoms with E-state index in [0.29, 0.717) is 13.1 Å². The van der Waals surface area contributed by atoms with Crippen LogP contribution in [-0.4, -0.2) is 36.4 Å². The molecule has 0 aliphatic carbocycles. The number of hydrogen-bond donors (Lipinski definition) is 1. The highest BCUT2D eigenvalue weighted by atomic mass is 16.5. The van der Waals surface area contributed by atoms with Crippen molar-refractivity contribution in [1.29, 1.82) is 0 Å². The first-order valence-corrected chi connectivity index (χ1v) is 9.37. The molecule has 0 aromatic heterocycles. The molecule has 0 spiro atoms. The van der Waals surface area contributed by atoms with E-state index >= 15 is 0 Å². The van der Waals surface area contributed by atoms with Gasteiger partial charge in [-0.3, -0.25) is 9.59 Å². The van der Waals surface area contributed by atoms with E-state index in [0.717, 1.165) is 35.4 Å². The Kier molecular flexibility index (Phi) is 6.12. The molecule has 1 aliphatic heterocycles. The summed E-state index contributed by atoms with van der Waals surface area (Å²) in [6, 6.07) is 15.2. The molecule has 27 heavy (non-hydrogen) atoms. The molecule has 1 aliphatic rings. The summed E-state index contributed by atoms with van der Waals surface area (Å²) in [5, 5.41) is 2.93. The molecule has 0 saturated carbocycles. The normalized spacial score (nSPS) is 16.7. The van der Waals surface area contributed by atoms with Gasteiger partial charge in [0, 0.05) is 18.8 Å². The van der Waals surface area contributed by atoms with Gasteiger partial charge in [-0.15, -0.1) is 0 Å². The van der Waals surface area contributed by atoms with Gasteiger partial charge in [0.1, 0.15) is 5.75 Å². The van der Waals surface area contributed by atoms with Crippen molar-refractivity contribution in [3.63, 3.8) is 0 Å². The Labute approximate surface area is 160 Å². The van der Waals surface area contributed by atoms with Crippen molar-refractivity contribution < 1.29 is 14.3 Å². The molecule has 1 fully saturated rings. The number of hydrogen-bond acceptors (Lipinski definition) is 3. The number of para-hydroxylation sites is 1. The number of likely N-dealkylation sites (tertiary alicyclic amines) is 1. The van der Waals surface area contributed by atoms with E-state index in [1.165, 1.54) is 0 Å². The minimum Gasteiger partial charge on any atom is -0.483 e. The lowest BCUT2D eigenvalue weighted by atomic mass is 9.97. The van der Waals surface area contributed by atoms with Crippen LogP contribution < -0.4 is 10.1 Å². The maximum Gasteiger partial charge on any atom is 0.260 e. The molecule has 0 radical (unpaired) electrons. The number of aryl methyl sites for hydroxylation is 1. The molecule has 2 amide bonds. The van der Waals surface area contributed by atoms with Crippen LogP contribution in [0.25, 0.3) is 0 Å². The minimum atomic E-state index is -0.191. The van der Waals surface area contributed by atoms with Crippen LogP contribution in [0.1, 0.15) is 24.0 Å². The molecule has 1 heterocycles. The average Bonchev–Trinajstić information content (AvgIpc) is 2.69. The quantitative estimate of drug-likeness (QED) is 0.880. The summed E-state index contributed by atoms with van der Waals surface area (Å²) in [7, 11) is 0. The zero-order valence-electron chi connectivity index (χ0n) is 15.9. The highest BCUT2D eigenvalue weighted by molar-refractivity contribution is 5.93. The van der Waals surface area contributed by atoms with E-state index in [2.05, 4.69) is 5.32 Å².